The first-order valence-electron chi connectivity index (χ1n) is 4.98. The Hall–Kier alpha value is -2.43. The number of nitrogens with one attached hydrogen (secondary N) is 1. The molecule has 0 saturated heterocycles. The zero-order valence-corrected chi connectivity index (χ0v) is 9.10. The first-order valence-corrected chi connectivity index (χ1v) is 4.98. The van der Waals surface area contributed by atoms with Gasteiger partial charge in [0.25, 0.3) is 0 Å². The van der Waals surface area contributed by atoms with Crippen LogP contribution < -0.4 is 5.69 Å². The van der Waals surface area contributed by atoms with Crippen LogP contribution in [-0.4, -0.2) is 21.0 Å². The van der Waals surface area contributed by atoms with Crippen molar-refractivity contribution < 1.29 is 9.90 Å². The van der Waals surface area contributed by atoms with Crippen LogP contribution in [0.25, 0.3) is 11.3 Å². The number of benzene rings is 1. The molecule has 5 heteroatoms. The van der Waals surface area contributed by atoms with Crippen LogP contribution in [0.5, 0.6) is 0 Å². The molecule has 0 spiro atoms. The summed E-state index contributed by atoms with van der Waals surface area (Å²) in [7, 11) is 0. The van der Waals surface area contributed by atoms with Crippen LogP contribution >= 0.6 is 0 Å². The number of carbonyl (C=O) groups is 1. The zero-order valence-electron chi connectivity index (χ0n) is 9.10. The molecular formula is C12H10N2O3. The van der Waals surface area contributed by atoms with E-state index in [1.807, 2.05) is 0 Å². The number of carboxylic acids is 1. The van der Waals surface area contributed by atoms with E-state index < -0.39 is 11.7 Å². The van der Waals surface area contributed by atoms with Gasteiger partial charge in [0.2, 0.25) is 0 Å². The van der Waals surface area contributed by atoms with Crippen molar-refractivity contribution in [3.63, 3.8) is 0 Å². The van der Waals surface area contributed by atoms with Gasteiger partial charge in [0, 0.05) is 11.3 Å². The van der Waals surface area contributed by atoms with Gasteiger partial charge < -0.3 is 10.1 Å². The molecule has 2 rings (SSSR count). The molecule has 1 heterocycles. The number of aryl methyl sites for hydroxylation is 1. The first-order chi connectivity index (χ1) is 8.08. The molecule has 1 aromatic carbocycles. The van der Waals surface area contributed by atoms with Crippen LogP contribution in [0.4, 0.5) is 0 Å². The average molecular weight is 230 g/mol. The molecule has 0 amide bonds. The van der Waals surface area contributed by atoms with E-state index in [1.165, 1.54) is 6.07 Å². The summed E-state index contributed by atoms with van der Waals surface area (Å²) in [6.45, 7) is 1.72. The van der Waals surface area contributed by atoms with Crippen molar-refractivity contribution in [1.82, 2.24) is 9.97 Å². The molecule has 1 aromatic heterocycles. The van der Waals surface area contributed by atoms with E-state index in [0.717, 1.165) is 0 Å². The Morgan fingerprint density at radius 2 is 2.06 bits per heavy atom. The first kappa shape index (κ1) is 11.1. The number of rotatable bonds is 2. The molecule has 0 bridgehead atoms. The number of aromatic nitrogens is 2. The van der Waals surface area contributed by atoms with Crippen LogP contribution in [0.1, 0.15) is 16.1 Å². The van der Waals surface area contributed by atoms with E-state index in [0.29, 0.717) is 17.0 Å². The Bertz CT molecular complexity index is 632. The largest absolute Gasteiger partial charge is 0.478 e. The van der Waals surface area contributed by atoms with Gasteiger partial charge in [-0.1, -0.05) is 18.2 Å². The van der Waals surface area contributed by atoms with Crippen molar-refractivity contribution in [2.24, 2.45) is 0 Å². The van der Waals surface area contributed by atoms with Crippen molar-refractivity contribution >= 4 is 5.97 Å². The van der Waals surface area contributed by atoms with Gasteiger partial charge in [0.1, 0.15) is 0 Å². The molecule has 0 unspecified atom stereocenters. The van der Waals surface area contributed by atoms with E-state index in [-0.39, 0.29) is 5.56 Å². The standard InChI is InChI=1S/C12H10N2O3/c1-7-6-10(14-12(17)13-7)8-4-2-3-5-9(8)11(15)16/h2-6H,1H3,(H,15,16)(H,13,14,17). The lowest BCUT2D eigenvalue weighted by Crippen LogP contribution is -2.13. The quantitative estimate of drug-likeness (QED) is 0.817. The summed E-state index contributed by atoms with van der Waals surface area (Å²) in [5, 5.41) is 9.05. The van der Waals surface area contributed by atoms with Gasteiger partial charge in [0.15, 0.2) is 0 Å². The fourth-order valence-electron chi connectivity index (χ4n) is 1.61. The Morgan fingerprint density at radius 1 is 1.35 bits per heavy atom. The second-order valence-electron chi connectivity index (χ2n) is 3.61. The SMILES string of the molecule is Cc1cc(-c2ccccc2C(=O)O)nc(=O)[nH]1. The Morgan fingerprint density at radius 3 is 2.71 bits per heavy atom. The zero-order chi connectivity index (χ0) is 12.4. The third-order valence-corrected chi connectivity index (χ3v) is 2.31. The molecular weight excluding hydrogens is 220 g/mol. The number of H-pyrrole nitrogens is 1. The summed E-state index contributed by atoms with van der Waals surface area (Å²) in [4.78, 5) is 28.6. The summed E-state index contributed by atoms with van der Waals surface area (Å²) in [5.41, 5.74) is 1.09. The third-order valence-electron chi connectivity index (χ3n) is 2.31. The highest BCUT2D eigenvalue weighted by molar-refractivity contribution is 5.95. The highest BCUT2D eigenvalue weighted by Gasteiger charge is 2.12. The topological polar surface area (TPSA) is 83.0 Å². The smallest absolute Gasteiger partial charge is 0.345 e. The van der Waals surface area contributed by atoms with Crippen LogP contribution in [0, 0.1) is 6.92 Å². The van der Waals surface area contributed by atoms with Crippen molar-refractivity contribution in [2.75, 3.05) is 0 Å². The molecule has 17 heavy (non-hydrogen) atoms. The minimum atomic E-state index is -1.04. The van der Waals surface area contributed by atoms with Crippen LogP contribution in [0.15, 0.2) is 35.1 Å². The van der Waals surface area contributed by atoms with Crippen LogP contribution in [0.3, 0.4) is 0 Å². The van der Waals surface area contributed by atoms with Gasteiger partial charge in [0.05, 0.1) is 11.3 Å². The summed E-state index contributed by atoms with van der Waals surface area (Å²) in [6.07, 6.45) is 0. The number of hydrogen-bond acceptors (Lipinski definition) is 3. The molecule has 0 aliphatic rings. The number of nitrogens with zero attached hydrogens (tertiary/aromatic N) is 1. The second kappa shape index (κ2) is 4.21. The molecule has 2 aromatic rings. The predicted molar refractivity (Wildman–Crippen MR) is 62.0 cm³/mol. The van der Waals surface area contributed by atoms with Gasteiger partial charge in [-0.2, -0.15) is 4.98 Å². The normalized spacial score (nSPS) is 10.2. The van der Waals surface area contributed by atoms with E-state index in [9.17, 15) is 9.59 Å². The Balaban J connectivity index is 2.68. The van der Waals surface area contributed by atoms with Crippen molar-refractivity contribution in [3.05, 3.63) is 52.1 Å². The molecule has 0 atom stereocenters. The maximum atomic E-state index is 11.3. The van der Waals surface area contributed by atoms with Crippen LogP contribution in [-0.2, 0) is 0 Å². The minimum Gasteiger partial charge on any atom is -0.478 e. The van der Waals surface area contributed by atoms with E-state index in [4.69, 9.17) is 5.11 Å². The average Bonchev–Trinajstić information content (AvgIpc) is 2.27. The summed E-state index contributed by atoms with van der Waals surface area (Å²) in [5.74, 6) is -1.04. The lowest BCUT2D eigenvalue weighted by atomic mass is 10.0. The summed E-state index contributed by atoms with van der Waals surface area (Å²) < 4.78 is 0. The third kappa shape index (κ3) is 2.23. The fourth-order valence-corrected chi connectivity index (χ4v) is 1.61. The van der Waals surface area contributed by atoms with E-state index in [1.54, 1.807) is 31.2 Å². The Labute approximate surface area is 96.8 Å². The van der Waals surface area contributed by atoms with Gasteiger partial charge in [-0.25, -0.2) is 9.59 Å². The molecule has 5 nitrogen and oxygen atoms in total. The number of aromatic carboxylic acids is 1. The van der Waals surface area contributed by atoms with Crippen LogP contribution in [0.2, 0.25) is 0 Å². The van der Waals surface area contributed by atoms with Crippen molar-refractivity contribution in [2.45, 2.75) is 6.92 Å². The molecule has 0 aliphatic heterocycles. The molecule has 0 aliphatic carbocycles. The maximum Gasteiger partial charge on any atom is 0.345 e. The molecule has 0 saturated carbocycles. The highest BCUT2D eigenvalue weighted by Crippen LogP contribution is 2.20. The monoisotopic (exact) mass is 230 g/mol. The van der Waals surface area contributed by atoms with Crippen molar-refractivity contribution in [1.29, 1.82) is 0 Å². The second-order valence-corrected chi connectivity index (χ2v) is 3.61. The molecule has 2 N–H and O–H groups in total. The summed E-state index contributed by atoms with van der Waals surface area (Å²) in [6, 6.07) is 8.09. The van der Waals surface area contributed by atoms with Gasteiger partial charge >= 0.3 is 11.7 Å². The molecule has 86 valence electrons. The van der Waals surface area contributed by atoms with Gasteiger partial charge in [-0.05, 0) is 19.1 Å². The van der Waals surface area contributed by atoms with Gasteiger partial charge in [-0.15, -0.1) is 0 Å². The minimum absolute atomic E-state index is 0.130. The van der Waals surface area contributed by atoms with Crippen molar-refractivity contribution in [3.8, 4) is 11.3 Å². The summed E-state index contributed by atoms with van der Waals surface area (Å²) >= 11 is 0. The fraction of sp³-hybridized carbons (Fsp3) is 0.0833. The maximum absolute atomic E-state index is 11.3. The van der Waals surface area contributed by atoms with E-state index in [2.05, 4.69) is 9.97 Å². The number of hydrogen-bond donors (Lipinski definition) is 2. The van der Waals surface area contributed by atoms with E-state index >= 15 is 0 Å². The number of carboxylic acid groups (broad SMARTS) is 1. The highest BCUT2D eigenvalue weighted by atomic mass is 16.4. The Kier molecular flexibility index (Phi) is 2.74. The molecule has 0 fully saturated rings. The number of aromatic amines is 1. The lowest BCUT2D eigenvalue weighted by molar-refractivity contribution is 0.0697. The molecule has 0 radical (unpaired) electrons. The van der Waals surface area contributed by atoms with Gasteiger partial charge in [-0.3, -0.25) is 0 Å². The predicted octanol–water partition coefficient (Wildman–Crippen LogP) is 1.44. The lowest BCUT2D eigenvalue weighted by Gasteiger charge is -2.05.